The molecule has 29 heavy (non-hydrogen) atoms. The Morgan fingerprint density at radius 1 is 0.931 bits per heavy atom. The van der Waals surface area contributed by atoms with E-state index >= 15 is 0 Å². The largest absolute Gasteiger partial charge is 0.439 e. The lowest BCUT2D eigenvalue weighted by molar-refractivity contribution is 0.463. The minimum Gasteiger partial charge on any atom is -0.439 e. The van der Waals surface area contributed by atoms with Crippen molar-refractivity contribution in [3.8, 4) is 11.6 Å². The molecule has 0 saturated carbocycles. The summed E-state index contributed by atoms with van der Waals surface area (Å²) in [5.41, 5.74) is 6.31. The SMILES string of the molecule is Nc1nc(Nc2ccc(Sc3ccncc3)c(F)c2)cc(Oc2ccccc2)n1. The molecule has 0 saturated heterocycles. The lowest BCUT2D eigenvalue weighted by Gasteiger charge is -2.10. The Balaban J connectivity index is 1.51. The first-order chi connectivity index (χ1) is 14.2. The van der Waals surface area contributed by atoms with Crippen LogP contribution in [-0.4, -0.2) is 15.0 Å². The highest BCUT2D eigenvalue weighted by atomic mass is 32.2. The van der Waals surface area contributed by atoms with Crippen LogP contribution >= 0.6 is 11.8 Å². The minimum atomic E-state index is -0.348. The van der Waals surface area contributed by atoms with E-state index in [9.17, 15) is 4.39 Å². The molecule has 0 bridgehead atoms. The number of anilines is 3. The van der Waals surface area contributed by atoms with Gasteiger partial charge in [0.25, 0.3) is 0 Å². The van der Waals surface area contributed by atoms with Crippen LogP contribution in [0.25, 0.3) is 0 Å². The van der Waals surface area contributed by atoms with Crippen molar-refractivity contribution in [1.82, 2.24) is 15.0 Å². The third-order valence-corrected chi connectivity index (χ3v) is 4.83. The molecule has 2 aromatic carbocycles. The molecule has 2 aromatic heterocycles. The molecule has 4 rings (SSSR count). The van der Waals surface area contributed by atoms with E-state index in [0.717, 1.165) is 4.90 Å². The second-order valence-corrected chi connectivity index (χ2v) is 7.04. The van der Waals surface area contributed by atoms with Crippen molar-refractivity contribution in [2.45, 2.75) is 9.79 Å². The van der Waals surface area contributed by atoms with Gasteiger partial charge in [0.05, 0.1) is 0 Å². The molecule has 3 N–H and O–H groups in total. The van der Waals surface area contributed by atoms with Crippen LogP contribution in [0.3, 0.4) is 0 Å². The van der Waals surface area contributed by atoms with Crippen molar-refractivity contribution in [1.29, 1.82) is 0 Å². The first-order valence-electron chi connectivity index (χ1n) is 8.68. The van der Waals surface area contributed by atoms with Crippen molar-refractivity contribution in [2.24, 2.45) is 0 Å². The van der Waals surface area contributed by atoms with E-state index in [1.807, 2.05) is 30.3 Å². The molecular weight excluding hydrogens is 389 g/mol. The molecule has 6 nitrogen and oxygen atoms in total. The number of nitrogens with one attached hydrogen (secondary N) is 1. The predicted molar refractivity (Wildman–Crippen MR) is 111 cm³/mol. The fraction of sp³-hybridized carbons (Fsp3) is 0. The van der Waals surface area contributed by atoms with Crippen LogP contribution in [0, 0.1) is 5.82 Å². The number of nitrogen functional groups attached to an aromatic ring is 1. The number of para-hydroxylation sites is 1. The van der Waals surface area contributed by atoms with Crippen LogP contribution in [0.15, 0.2) is 88.9 Å². The van der Waals surface area contributed by atoms with Gasteiger partial charge in [-0.25, -0.2) is 4.39 Å². The van der Waals surface area contributed by atoms with E-state index < -0.39 is 0 Å². The summed E-state index contributed by atoms with van der Waals surface area (Å²) >= 11 is 1.33. The average molecular weight is 405 g/mol. The van der Waals surface area contributed by atoms with Gasteiger partial charge < -0.3 is 15.8 Å². The highest BCUT2D eigenvalue weighted by Crippen LogP contribution is 2.31. The average Bonchev–Trinajstić information content (AvgIpc) is 2.71. The maximum atomic E-state index is 14.5. The summed E-state index contributed by atoms with van der Waals surface area (Å²) in [5, 5.41) is 3.03. The van der Waals surface area contributed by atoms with Gasteiger partial charge in [-0.3, -0.25) is 4.98 Å². The number of hydrogen-bond acceptors (Lipinski definition) is 7. The van der Waals surface area contributed by atoms with Gasteiger partial charge in [-0.1, -0.05) is 30.0 Å². The van der Waals surface area contributed by atoms with Crippen LogP contribution in [0.2, 0.25) is 0 Å². The smallest absolute Gasteiger partial charge is 0.226 e. The van der Waals surface area contributed by atoms with Crippen LogP contribution in [0.1, 0.15) is 0 Å². The highest BCUT2D eigenvalue weighted by Gasteiger charge is 2.09. The van der Waals surface area contributed by atoms with Gasteiger partial charge in [0.2, 0.25) is 11.8 Å². The van der Waals surface area contributed by atoms with Crippen LogP contribution in [0.4, 0.5) is 21.8 Å². The Hall–Kier alpha value is -3.65. The van der Waals surface area contributed by atoms with Crippen molar-refractivity contribution < 1.29 is 9.13 Å². The molecule has 8 heteroatoms. The molecule has 0 atom stereocenters. The van der Waals surface area contributed by atoms with E-state index in [4.69, 9.17) is 10.5 Å². The van der Waals surface area contributed by atoms with Gasteiger partial charge in [-0.05, 0) is 42.5 Å². The summed E-state index contributed by atoms with van der Waals surface area (Å²) in [6.45, 7) is 0. The summed E-state index contributed by atoms with van der Waals surface area (Å²) in [6.07, 6.45) is 3.34. The predicted octanol–water partition coefficient (Wildman–Crippen LogP) is 5.28. The third-order valence-electron chi connectivity index (χ3n) is 3.77. The number of benzene rings is 2. The summed E-state index contributed by atoms with van der Waals surface area (Å²) in [5.74, 6) is 1.01. The van der Waals surface area contributed by atoms with Crippen LogP contribution in [0.5, 0.6) is 11.6 Å². The second-order valence-electron chi connectivity index (χ2n) is 5.92. The fourth-order valence-electron chi connectivity index (χ4n) is 2.51. The third kappa shape index (κ3) is 4.99. The minimum absolute atomic E-state index is 0.0475. The maximum Gasteiger partial charge on any atom is 0.226 e. The summed E-state index contributed by atoms with van der Waals surface area (Å²) in [6, 6.07) is 19.3. The Morgan fingerprint density at radius 3 is 2.48 bits per heavy atom. The van der Waals surface area contributed by atoms with Gasteiger partial charge >= 0.3 is 0 Å². The lowest BCUT2D eigenvalue weighted by atomic mass is 10.3. The number of hydrogen-bond donors (Lipinski definition) is 2. The number of nitrogens with two attached hydrogens (primary N) is 1. The summed E-state index contributed by atoms with van der Waals surface area (Å²) in [7, 11) is 0. The number of nitrogens with zero attached hydrogens (tertiary/aromatic N) is 3. The van der Waals surface area contributed by atoms with Gasteiger partial charge in [-0.2, -0.15) is 9.97 Å². The number of pyridine rings is 1. The van der Waals surface area contributed by atoms with Crippen molar-refractivity contribution in [2.75, 3.05) is 11.1 Å². The lowest BCUT2D eigenvalue weighted by Crippen LogP contribution is -2.02. The zero-order chi connectivity index (χ0) is 20.1. The van der Waals surface area contributed by atoms with E-state index in [1.165, 1.54) is 17.8 Å². The fourth-order valence-corrected chi connectivity index (χ4v) is 3.32. The molecule has 0 spiro atoms. The number of ether oxygens (including phenoxy) is 1. The van der Waals surface area contributed by atoms with E-state index in [-0.39, 0.29) is 17.6 Å². The molecule has 0 radical (unpaired) electrons. The Labute approximate surface area is 171 Å². The Bertz CT molecular complexity index is 1110. The molecular formula is C21H16FN5OS. The zero-order valence-corrected chi connectivity index (χ0v) is 15.9. The number of rotatable bonds is 6. The number of halogens is 1. The standard InChI is InChI=1S/C21H16FN5OS/c22-17-12-14(6-7-18(17)29-16-8-10-24-11-9-16)25-19-13-20(27-21(23)26-19)28-15-4-2-1-3-5-15/h1-13H,(H3,23,25,26,27). The molecule has 0 aliphatic rings. The van der Waals surface area contributed by atoms with Crippen molar-refractivity contribution >= 4 is 29.2 Å². The van der Waals surface area contributed by atoms with Gasteiger partial charge in [0.15, 0.2) is 0 Å². The topological polar surface area (TPSA) is 86.0 Å². The summed E-state index contributed by atoms with van der Waals surface area (Å²) in [4.78, 5) is 13.6. The number of aromatic nitrogens is 3. The molecule has 2 heterocycles. The van der Waals surface area contributed by atoms with Gasteiger partial charge in [0, 0.05) is 33.9 Å². The molecule has 0 unspecified atom stereocenters. The van der Waals surface area contributed by atoms with Crippen LogP contribution < -0.4 is 15.8 Å². The molecule has 0 aliphatic heterocycles. The first-order valence-corrected chi connectivity index (χ1v) is 9.49. The maximum absolute atomic E-state index is 14.5. The van der Waals surface area contributed by atoms with Gasteiger partial charge in [-0.15, -0.1) is 0 Å². The molecule has 4 aromatic rings. The van der Waals surface area contributed by atoms with Crippen molar-refractivity contribution in [3.63, 3.8) is 0 Å². The summed E-state index contributed by atoms with van der Waals surface area (Å²) < 4.78 is 20.2. The Morgan fingerprint density at radius 2 is 1.72 bits per heavy atom. The molecule has 144 valence electrons. The Kier molecular flexibility index (Phi) is 5.53. The zero-order valence-electron chi connectivity index (χ0n) is 15.1. The van der Waals surface area contributed by atoms with E-state index in [1.54, 1.807) is 42.7 Å². The van der Waals surface area contributed by atoms with Gasteiger partial charge in [0.1, 0.15) is 17.4 Å². The molecule has 0 fully saturated rings. The van der Waals surface area contributed by atoms with Crippen molar-refractivity contribution in [3.05, 3.63) is 84.9 Å². The second kappa shape index (κ2) is 8.57. The molecule has 0 amide bonds. The van der Waals surface area contributed by atoms with E-state index in [2.05, 4.69) is 20.3 Å². The first kappa shape index (κ1) is 18.7. The normalized spacial score (nSPS) is 10.5. The monoisotopic (exact) mass is 405 g/mol. The van der Waals surface area contributed by atoms with Crippen LogP contribution in [-0.2, 0) is 0 Å². The highest BCUT2D eigenvalue weighted by molar-refractivity contribution is 7.99. The van der Waals surface area contributed by atoms with E-state index in [0.29, 0.717) is 22.2 Å². The quantitative estimate of drug-likeness (QED) is 0.451. The molecule has 0 aliphatic carbocycles.